The molecule has 1 aliphatic heterocycles. The van der Waals surface area contributed by atoms with E-state index in [1.165, 1.54) is 6.42 Å². The number of benzene rings is 1. The maximum Gasteiger partial charge on any atom is 0.225 e. The maximum absolute atomic E-state index is 12.3. The molecule has 1 amide bonds. The Bertz CT molecular complexity index is 467. The molecule has 0 radical (unpaired) electrons. The summed E-state index contributed by atoms with van der Waals surface area (Å²) in [5.41, 5.74) is 1.79. The Kier molecular flexibility index (Phi) is 4.57. The van der Waals surface area contributed by atoms with Crippen LogP contribution in [0.15, 0.2) is 24.3 Å². The molecule has 1 atom stereocenters. The third-order valence-electron chi connectivity index (χ3n) is 3.71. The van der Waals surface area contributed by atoms with Gasteiger partial charge in [-0.2, -0.15) is 5.26 Å². The number of nitrogens with zero attached hydrogens (tertiary/aromatic N) is 2. The number of carbonyl (C=O) groups is 1. The van der Waals surface area contributed by atoms with Crippen molar-refractivity contribution in [3.05, 3.63) is 35.4 Å². The molecular formula is C16H20N2O. The summed E-state index contributed by atoms with van der Waals surface area (Å²) in [6.07, 6.45) is 4.26. The molecule has 1 aromatic carbocycles. The average molecular weight is 256 g/mol. The van der Waals surface area contributed by atoms with Gasteiger partial charge < -0.3 is 4.90 Å². The molecule has 1 unspecified atom stereocenters. The van der Waals surface area contributed by atoms with Gasteiger partial charge in [0.05, 0.1) is 11.6 Å². The molecule has 0 aliphatic carbocycles. The van der Waals surface area contributed by atoms with Crippen molar-refractivity contribution in [1.29, 1.82) is 5.26 Å². The summed E-state index contributed by atoms with van der Waals surface area (Å²) < 4.78 is 0. The lowest BCUT2D eigenvalue weighted by atomic mass is 9.98. The van der Waals surface area contributed by atoms with Crippen LogP contribution < -0.4 is 0 Å². The monoisotopic (exact) mass is 256 g/mol. The molecule has 0 aromatic heterocycles. The normalized spacial score (nSPS) is 16.7. The van der Waals surface area contributed by atoms with E-state index in [4.69, 9.17) is 5.26 Å². The first kappa shape index (κ1) is 13.6. The fourth-order valence-corrected chi connectivity index (χ4v) is 2.58. The molecule has 1 saturated heterocycles. The van der Waals surface area contributed by atoms with Gasteiger partial charge in [0.2, 0.25) is 5.91 Å². The van der Waals surface area contributed by atoms with Crippen LogP contribution in [0.4, 0.5) is 0 Å². The van der Waals surface area contributed by atoms with E-state index in [0.717, 1.165) is 37.9 Å². The van der Waals surface area contributed by atoms with Gasteiger partial charge in [0, 0.05) is 19.0 Å². The lowest BCUT2D eigenvalue weighted by molar-refractivity contribution is -0.135. The van der Waals surface area contributed by atoms with E-state index >= 15 is 0 Å². The van der Waals surface area contributed by atoms with Crippen LogP contribution in [0.1, 0.15) is 37.3 Å². The summed E-state index contributed by atoms with van der Waals surface area (Å²) in [5.74, 6) is 0.287. The van der Waals surface area contributed by atoms with Crippen molar-refractivity contribution in [2.45, 2.75) is 32.6 Å². The van der Waals surface area contributed by atoms with E-state index in [0.29, 0.717) is 5.56 Å². The maximum atomic E-state index is 12.3. The van der Waals surface area contributed by atoms with E-state index in [9.17, 15) is 4.79 Å². The molecule has 3 heteroatoms. The van der Waals surface area contributed by atoms with Gasteiger partial charge in [0.25, 0.3) is 0 Å². The number of hydrogen-bond acceptors (Lipinski definition) is 2. The van der Waals surface area contributed by atoms with Crippen molar-refractivity contribution in [3.63, 3.8) is 0 Å². The van der Waals surface area contributed by atoms with E-state index in [2.05, 4.69) is 6.07 Å². The van der Waals surface area contributed by atoms with Gasteiger partial charge >= 0.3 is 0 Å². The van der Waals surface area contributed by atoms with Crippen molar-refractivity contribution >= 4 is 5.91 Å². The van der Waals surface area contributed by atoms with Crippen molar-refractivity contribution in [3.8, 4) is 6.07 Å². The van der Waals surface area contributed by atoms with Crippen molar-refractivity contribution in [1.82, 2.24) is 4.90 Å². The molecule has 0 saturated carbocycles. The summed E-state index contributed by atoms with van der Waals surface area (Å²) in [4.78, 5) is 14.3. The van der Waals surface area contributed by atoms with E-state index in [1.807, 2.05) is 36.1 Å². The van der Waals surface area contributed by atoms with Crippen LogP contribution >= 0.6 is 0 Å². The lowest BCUT2D eigenvalue weighted by Crippen LogP contribution is -2.39. The summed E-state index contributed by atoms with van der Waals surface area (Å²) in [6.45, 7) is 3.82. The Morgan fingerprint density at radius 3 is 2.47 bits per heavy atom. The summed E-state index contributed by atoms with van der Waals surface area (Å²) in [7, 11) is 0. The van der Waals surface area contributed by atoms with Crippen molar-refractivity contribution in [2.75, 3.05) is 13.1 Å². The molecular weight excluding hydrogens is 236 g/mol. The first-order valence-corrected chi connectivity index (χ1v) is 6.98. The molecule has 2 rings (SSSR count). The number of carbonyl (C=O) groups excluding carboxylic acids is 1. The minimum Gasteiger partial charge on any atom is -0.342 e. The highest BCUT2D eigenvalue weighted by Crippen LogP contribution is 2.16. The van der Waals surface area contributed by atoms with Crippen LogP contribution in [0.5, 0.6) is 0 Å². The number of likely N-dealkylation sites (tertiary alicyclic amines) is 1. The van der Waals surface area contributed by atoms with E-state index < -0.39 is 0 Å². The predicted octanol–water partition coefficient (Wildman–Crippen LogP) is 2.75. The van der Waals surface area contributed by atoms with Crippen LogP contribution in [-0.2, 0) is 11.2 Å². The highest BCUT2D eigenvalue weighted by molar-refractivity contribution is 5.78. The number of amides is 1. The lowest BCUT2D eigenvalue weighted by Gasteiger charge is -2.29. The SMILES string of the molecule is CC(Cc1ccc(C#N)cc1)C(=O)N1CCCCC1. The van der Waals surface area contributed by atoms with Crippen LogP contribution in [0.2, 0.25) is 0 Å². The molecule has 1 aromatic rings. The number of rotatable bonds is 3. The molecule has 19 heavy (non-hydrogen) atoms. The Morgan fingerprint density at radius 1 is 1.26 bits per heavy atom. The second-order valence-electron chi connectivity index (χ2n) is 5.30. The quantitative estimate of drug-likeness (QED) is 0.834. The van der Waals surface area contributed by atoms with Gasteiger partial charge in [0.15, 0.2) is 0 Å². The zero-order chi connectivity index (χ0) is 13.7. The second-order valence-corrected chi connectivity index (χ2v) is 5.30. The molecule has 1 aliphatic rings. The second kappa shape index (κ2) is 6.38. The first-order chi connectivity index (χ1) is 9.20. The summed E-state index contributed by atoms with van der Waals surface area (Å²) in [6, 6.07) is 9.62. The Morgan fingerprint density at radius 2 is 1.89 bits per heavy atom. The highest BCUT2D eigenvalue weighted by atomic mass is 16.2. The average Bonchev–Trinajstić information content (AvgIpc) is 2.48. The third kappa shape index (κ3) is 3.57. The summed E-state index contributed by atoms with van der Waals surface area (Å²) >= 11 is 0. The van der Waals surface area contributed by atoms with E-state index in [-0.39, 0.29) is 11.8 Å². The van der Waals surface area contributed by atoms with Gasteiger partial charge in [-0.15, -0.1) is 0 Å². The molecule has 1 fully saturated rings. The predicted molar refractivity (Wildman–Crippen MR) is 74.5 cm³/mol. The molecule has 100 valence electrons. The minimum absolute atomic E-state index is 0.0195. The standard InChI is InChI=1S/C16H20N2O/c1-13(16(19)18-9-3-2-4-10-18)11-14-5-7-15(12-17)8-6-14/h5-8,13H,2-4,9-11H2,1H3. The van der Waals surface area contributed by atoms with Crippen LogP contribution in [0.25, 0.3) is 0 Å². The smallest absolute Gasteiger partial charge is 0.225 e. The first-order valence-electron chi connectivity index (χ1n) is 6.98. The Hall–Kier alpha value is -1.82. The highest BCUT2D eigenvalue weighted by Gasteiger charge is 2.22. The Balaban J connectivity index is 1.93. The summed E-state index contributed by atoms with van der Waals surface area (Å²) in [5, 5.41) is 8.76. The van der Waals surface area contributed by atoms with Crippen LogP contribution in [0.3, 0.4) is 0 Å². The topological polar surface area (TPSA) is 44.1 Å². The minimum atomic E-state index is 0.0195. The number of piperidine rings is 1. The van der Waals surface area contributed by atoms with Gasteiger partial charge in [0.1, 0.15) is 0 Å². The zero-order valence-corrected chi connectivity index (χ0v) is 11.4. The Labute approximate surface area is 114 Å². The number of hydrogen-bond donors (Lipinski definition) is 0. The van der Waals surface area contributed by atoms with E-state index in [1.54, 1.807) is 0 Å². The molecule has 0 N–H and O–H groups in total. The van der Waals surface area contributed by atoms with Crippen molar-refractivity contribution < 1.29 is 4.79 Å². The third-order valence-corrected chi connectivity index (χ3v) is 3.71. The van der Waals surface area contributed by atoms with Crippen LogP contribution in [0, 0.1) is 17.2 Å². The fraction of sp³-hybridized carbons (Fsp3) is 0.500. The number of nitriles is 1. The molecule has 0 bridgehead atoms. The van der Waals surface area contributed by atoms with Gasteiger partial charge in [-0.3, -0.25) is 4.79 Å². The molecule has 0 spiro atoms. The van der Waals surface area contributed by atoms with Crippen molar-refractivity contribution in [2.24, 2.45) is 5.92 Å². The largest absolute Gasteiger partial charge is 0.342 e. The van der Waals surface area contributed by atoms with Gasteiger partial charge in [-0.25, -0.2) is 0 Å². The van der Waals surface area contributed by atoms with Crippen LogP contribution in [-0.4, -0.2) is 23.9 Å². The molecule has 3 nitrogen and oxygen atoms in total. The van der Waals surface area contributed by atoms with Gasteiger partial charge in [-0.05, 0) is 43.4 Å². The molecule has 1 heterocycles. The zero-order valence-electron chi connectivity index (χ0n) is 11.4. The fourth-order valence-electron chi connectivity index (χ4n) is 2.58. The van der Waals surface area contributed by atoms with Gasteiger partial charge in [-0.1, -0.05) is 19.1 Å².